The Bertz CT molecular complexity index is 610. The summed E-state index contributed by atoms with van der Waals surface area (Å²) in [5.41, 5.74) is 2.00. The van der Waals surface area contributed by atoms with Crippen molar-refractivity contribution in [1.29, 1.82) is 0 Å². The van der Waals surface area contributed by atoms with E-state index in [0.717, 1.165) is 29.6 Å². The molecule has 5 nitrogen and oxygen atoms in total. The van der Waals surface area contributed by atoms with Gasteiger partial charge >= 0.3 is 0 Å². The van der Waals surface area contributed by atoms with E-state index < -0.39 is 0 Å². The van der Waals surface area contributed by atoms with Crippen LogP contribution in [0.4, 0.5) is 10.8 Å². The molecule has 0 radical (unpaired) electrons. The number of nitrogens with one attached hydrogen (secondary N) is 1. The van der Waals surface area contributed by atoms with Gasteiger partial charge in [0.25, 0.3) is 0 Å². The Morgan fingerprint density at radius 1 is 1.22 bits per heavy atom. The van der Waals surface area contributed by atoms with Gasteiger partial charge in [-0.1, -0.05) is 18.2 Å². The number of rotatable bonds is 8. The summed E-state index contributed by atoms with van der Waals surface area (Å²) in [4.78, 5) is 20.5. The molecule has 0 aliphatic heterocycles. The van der Waals surface area contributed by atoms with E-state index in [1.165, 1.54) is 0 Å². The van der Waals surface area contributed by atoms with E-state index in [4.69, 9.17) is 0 Å². The van der Waals surface area contributed by atoms with Crippen LogP contribution >= 0.6 is 11.3 Å². The van der Waals surface area contributed by atoms with E-state index >= 15 is 0 Å². The summed E-state index contributed by atoms with van der Waals surface area (Å²) in [6.45, 7) is 6.60. The van der Waals surface area contributed by atoms with Crippen LogP contribution in [0.2, 0.25) is 0 Å². The minimum Gasteiger partial charge on any atom is -0.342 e. The standard InChI is InChI=1S/C17H24N4OS/c1-4-21(5-2)16(22)12-20(3)11-15-13-23-17(19-15)18-14-9-7-6-8-10-14/h6-10,13H,4-5,11-12H2,1-3H3,(H,18,19). The molecule has 1 heterocycles. The maximum atomic E-state index is 12.1. The molecule has 0 atom stereocenters. The Balaban J connectivity index is 1.87. The molecule has 1 aromatic carbocycles. The van der Waals surface area contributed by atoms with Gasteiger partial charge in [0.15, 0.2) is 5.13 Å². The van der Waals surface area contributed by atoms with Crippen LogP contribution in [0.1, 0.15) is 19.5 Å². The van der Waals surface area contributed by atoms with Gasteiger partial charge in [0, 0.05) is 30.7 Å². The number of aromatic nitrogens is 1. The van der Waals surface area contributed by atoms with Gasteiger partial charge in [-0.15, -0.1) is 11.3 Å². The van der Waals surface area contributed by atoms with Crippen molar-refractivity contribution in [3.05, 3.63) is 41.4 Å². The fourth-order valence-electron chi connectivity index (χ4n) is 2.32. The number of thiazole rings is 1. The quantitative estimate of drug-likeness (QED) is 0.806. The molecule has 0 saturated carbocycles. The smallest absolute Gasteiger partial charge is 0.236 e. The molecule has 2 rings (SSSR count). The zero-order valence-electron chi connectivity index (χ0n) is 14.0. The Hall–Kier alpha value is -1.92. The Kier molecular flexibility index (Phi) is 6.55. The van der Waals surface area contributed by atoms with E-state index in [9.17, 15) is 4.79 Å². The highest BCUT2D eigenvalue weighted by Gasteiger charge is 2.13. The van der Waals surface area contributed by atoms with Gasteiger partial charge in [0.05, 0.1) is 12.2 Å². The second-order valence-corrected chi connectivity index (χ2v) is 6.23. The van der Waals surface area contributed by atoms with Crippen LogP contribution in [-0.2, 0) is 11.3 Å². The van der Waals surface area contributed by atoms with E-state index in [0.29, 0.717) is 13.1 Å². The third kappa shape index (κ3) is 5.33. The molecular weight excluding hydrogens is 308 g/mol. The van der Waals surface area contributed by atoms with Crippen LogP contribution in [0.15, 0.2) is 35.7 Å². The summed E-state index contributed by atoms with van der Waals surface area (Å²) in [6, 6.07) is 9.99. The number of likely N-dealkylation sites (N-methyl/N-ethyl adjacent to an activating group) is 2. The zero-order valence-corrected chi connectivity index (χ0v) is 14.8. The number of carbonyl (C=O) groups is 1. The second kappa shape index (κ2) is 8.64. The molecule has 0 fully saturated rings. The maximum Gasteiger partial charge on any atom is 0.236 e. The fourth-order valence-corrected chi connectivity index (χ4v) is 3.04. The van der Waals surface area contributed by atoms with E-state index in [1.807, 2.05) is 66.4 Å². The van der Waals surface area contributed by atoms with Crippen molar-refractivity contribution < 1.29 is 4.79 Å². The zero-order chi connectivity index (χ0) is 16.7. The van der Waals surface area contributed by atoms with E-state index in [2.05, 4.69) is 10.3 Å². The van der Waals surface area contributed by atoms with Crippen molar-refractivity contribution in [2.45, 2.75) is 20.4 Å². The summed E-state index contributed by atoms with van der Waals surface area (Å²) in [5, 5.41) is 6.19. The summed E-state index contributed by atoms with van der Waals surface area (Å²) < 4.78 is 0. The number of hydrogen-bond acceptors (Lipinski definition) is 5. The van der Waals surface area contributed by atoms with E-state index in [-0.39, 0.29) is 5.91 Å². The molecule has 0 aliphatic carbocycles. The SMILES string of the molecule is CCN(CC)C(=O)CN(C)Cc1csc(Nc2ccccc2)n1. The first-order valence-electron chi connectivity index (χ1n) is 7.85. The molecule has 2 aromatic rings. The Labute approximate surface area is 141 Å². The summed E-state index contributed by atoms with van der Waals surface area (Å²) in [7, 11) is 1.95. The van der Waals surface area contributed by atoms with Crippen LogP contribution in [0.3, 0.4) is 0 Å². The average molecular weight is 332 g/mol. The topological polar surface area (TPSA) is 48.5 Å². The summed E-state index contributed by atoms with van der Waals surface area (Å²) in [5.74, 6) is 0.162. The molecule has 0 saturated heterocycles. The first-order valence-corrected chi connectivity index (χ1v) is 8.73. The minimum atomic E-state index is 0.162. The third-order valence-electron chi connectivity index (χ3n) is 3.53. The number of para-hydroxylation sites is 1. The highest BCUT2D eigenvalue weighted by molar-refractivity contribution is 7.13. The van der Waals surface area contributed by atoms with Crippen molar-refractivity contribution >= 4 is 28.1 Å². The monoisotopic (exact) mass is 332 g/mol. The number of anilines is 2. The van der Waals surface area contributed by atoms with Crippen LogP contribution in [0.25, 0.3) is 0 Å². The number of hydrogen-bond donors (Lipinski definition) is 1. The van der Waals surface area contributed by atoms with Crippen molar-refractivity contribution in [2.24, 2.45) is 0 Å². The lowest BCUT2D eigenvalue weighted by molar-refractivity contribution is -0.131. The molecule has 0 unspecified atom stereocenters. The van der Waals surface area contributed by atoms with Crippen molar-refractivity contribution in [3.8, 4) is 0 Å². The van der Waals surface area contributed by atoms with Gasteiger partial charge in [-0.2, -0.15) is 0 Å². The fraction of sp³-hybridized carbons (Fsp3) is 0.412. The summed E-state index contributed by atoms with van der Waals surface area (Å²) in [6.07, 6.45) is 0. The Morgan fingerprint density at radius 3 is 2.57 bits per heavy atom. The van der Waals surface area contributed by atoms with Crippen molar-refractivity contribution in [3.63, 3.8) is 0 Å². The highest BCUT2D eigenvalue weighted by Crippen LogP contribution is 2.21. The van der Waals surface area contributed by atoms with Crippen molar-refractivity contribution in [1.82, 2.24) is 14.8 Å². The first kappa shape index (κ1) is 17.4. The predicted molar refractivity (Wildman–Crippen MR) is 96.1 cm³/mol. The molecule has 124 valence electrons. The lowest BCUT2D eigenvalue weighted by Crippen LogP contribution is -2.38. The predicted octanol–water partition coefficient (Wildman–Crippen LogP) is 3.19. The largest absolute Gasteiger partial charge is 0.342 e. The van der Waals surface area contributed by atoms with Crippen molar-refractivity contribution in [2.75, 3.05) is 32.0 Å². The molecule has 23 heavy (non-hydrogen) atoms. The van der Waals surface area contributed by atoms with Gasteiger partial charge in [-0.05, 0) is 33.0 Å². The van der Waals surface area contributed by atoms with Gasteiger partial charge in [-0.25, -0.2) is 4.98 Å². The number of benzene rings is 1. The minimum absolute atomic E-state index is 0.162. The lowest BCUT2D eigenvalue weighted by atomic mass is 10.3. The number of amides is 1. The van der Waals surface area contributed by atoms with Gasteiger partial charge < -0.3 is 10.2 Å². The third-order valence-corrected chi connectivity index (χ3v) is 4.34. The maximum absolute atomic E-state index is 12.1. The first-order chi connectivity index (χ1) is 11.1. The molecule has 1 amide bonds. The molecular formula is C17H24N4OS. The van der Waals surface area contributed by atoms with Crippen LogP contribution in [0.5, 0.6) is 0 Å². The molecule has 1 N–H and O–H groups in total. The number of nitrogens with zero attached hydrogens (tertiary/aromatic N) is 3. The molecule has 0 aliphatic rings. The molecule has 0 spiro atoms. The molecule has 6 heteroatoms. The van der Waals surface area contributed by atoms with Gasteiger partial charge in [0.1, 0.15) is 0 Å². The highest BCUT2D eigenvalue weighted by atomic mass is 32.1. The average Bonchev–Trinajstić information content (AvgIpc) is 2.96. The number of carbonyl (C=O) groups excluding carboxylic acids is 1. The van der Waals surface area contributed by atoms with E-state index in [1.54, 1.807) is 11.3 Å². The van der Waals surface area contributed by atoms with Crippen LogP contribution < -0.4 is 5.32 Å². The summed E-state index contributed by atoms with van der Waals surface area (Å²) >= 11 is 1.58. The van der Waals surface area contributed by atoms with Gasteiger partial charge in [-0.3, -0.25) is 9.69 Å². The molecule has 0 bridgehead atoms. The van der Waals surface area contributed by atoms with Gasteiger partial charge in [0.2, 0.25) is 5.91 Å². The Morgan fingerprint density at radius 2 is 1.91 bits per heavy atom. The normalized spacial score (nSPS) is 10.8. The lowest BCUT2D eigenvalue weighted by Gasteiger charge is -2.22. The second-order valence-electron chi connectivity index (χ2n) is 5.37. The molecule has 1 aromatic heterocycles. The van der Waals surface area contributed by atoms with Crippen LogP contribution in [-0.4, -0.2) is 47.4 Å². The van der Waals surface area contributed by atoms with Crippen LogP contribution in [0, 0.1) is 0 Å².